The van der Waals surface area contributed by atoms with Crippen molar-refractivity contribution in [2.75, 3.05) is 17.1 Å². The average molecular weight is 639 g/mol. The SMILES string of the molecule is Cc1c(Cl)cccc1N(CC(=O)N(Cc1ccc(Cl)cc1Cl)[C@H](Cc1ccccc1)C(=O)NC(C)(C)C)S(C)(=O)=O. The van der Waals surface area contributed by atoms with Crippen LogP contribution in [0.1, 0.15) is 37.5 Å². The molecular formula is C30H34Cl3N3O4S. The van der Waals surface area contributed by atoms with Gasteiger partial charge in [-0.1, -0.05) is 77.3 Å². The predicted octanol–water partition coefficient (Wildman–Crippen LogP) is 6.28. The number of amides is 2. The number of hydrogen-bond acceptors (Lipinski definition) is 4. The van der Waals surface area contributed by atoms with E-state index in [-0.39, 0.29) is 24.6 Å². The lowest BCUT2D eigenvalue weighted by Gasteiger charge is -2.35. The maximum atomic E-state index is 14.2. The van der Waals surface area contributed by atoms with Crippen LogP contribution in [0.3, 0.4) is 0 Å². The highest BCUT2D eigenvalue weighted by Crippen LogP contribution is 2.29. The normalized spacial score (nSPS) is 12.5. The molecule has 7 nitrogen and oxygen atoms in total. The van der Waals surface area contributed by atoms with Crippen molar-refractivity contribution in [3.8, 4) is 0 Å². The van der Waals surface area contributed by atoms with E-state index in [0.29, 0.717) is 26.2 Å². The van der Waals surface area contributed by atoms with E-state index in [1.165, 1.54) is 4.90 Å². The number of carbonyl (C=O) groups excluding carboxylic acids is 2. The van der Waals surface area contributed by atoms with E-state index in [1.807, 2.05) is 51.1 Å². The largest absolute Gasteiger partial charge is 0.350 e. The summed E-state index contributed by atoms with van der Waals surface area (Å²) >= 11 is 18.9. The molecule has 0 saturated carbocycles. The molecule has 220 valence electrons. The van der Waals surface area contributed by atoms with Gasteiger partial charge in [0.25, 0.3) is 0 Å². The van der Waals surface area contributed by atoms with E-state index in [0.717, 1.165) is 16.1 Å². The molecule has 41 heavy (non-hydrogen) atoms. The van der Waals surface area contributed by atoms with Crippen molar-refractivity contribution < 1.29 is 18.0 Å². The monoisotopic (exact) mass is 637 g/mol. The Morgan fingerprint density at radius 3 is 2.17 bits per heavy atom. The number of carbonyl (C=O) groups is 2. The number of benzene rings is 3. The zero-order chi connectivity index (χ0) is 30.5. The third-order valence-electron chi connectivity index (χ3n) is 6.31. The van der Waals surface area contributed by atoms with Gasteiger partial charge >= 0.3 is 0 Å². The van der Waals surface area contributed by atoms with Gasteiger partial charge in [-0.15, -0.1) is 0 Å². The molecule has 1 N–H and O–H groups in total. The highest BCUT2D eigenvalue weighted by Gasteiger charge is 2.35. The van der Waals surface area contributed by atoms with Crippen LogP contribution in [-0.4, -0.2) is 49.5 Å². The first-order valence-corrected chi connectivity index (χ1v) is 15.9. The summed E-state index contributed by atoms with van der Waals surface area (Å²) in [5.41, 5.74) is 1.57. The van der Waals surface area contributed by atoms with Gasteiger partial charge in [0.1, 0.15) is 12.6 Å². The maximum absolute atomic E-state index is 14.2. The molecule has 0 aromatic heterocycles. The van der Waals surface area contributed by atoms with Crippen LogP contribution in [0.4, 0.5) is 5.69 Å². The zero-order valence-corrected chi connectivity index (χ0v) is 26.7. The van der Waals surface area contributed by atoms with Gasteiger partial charge in [0.2, 0.25) is 21.8 Å². The van der Waals surface area contributed by atoms with Crippen LogP contribution in [0.15, 0.2) is 66.7 Å². The van der Waals surface area contributed by atoms with E-state index >= 15 is 0 Å². The minimum Gasteiger partial charge on any atom is -0.350 e. The maximum Gasteiger partial charge on any atom is 0.244 e. The van der Waals surface area contributed by atoms with Crippen molar-refractivity contribution in [3.63, 3.8) is 0 Å². The molecule has 0 spiro atoms. The third kappa shape index (κ3) is 9.10. The van der Waals surface area contributed by atoms with E-state index in [4.69, 9.17) is 34.8 Å². The second-order valence-electron chi connectivity index (χ2n) is 10.9. The van der Waals surface area contributed by atoms with Gasteiger partial charge in [-0.2, -0.15) is 0 Å². The Kier molecular flexibility index (Phi) is 10.7. The molecule has 0 fully saturated rings. The molecule has 0 bridgehead atoms. The van der Waals surface area contributed by atoms with Gasteiger partial charge < -0.3 is 10.2 Å². The first-order valence-electron chi connectivity index (χ1n) is 12.9. The number of anilines is 1. The van der Waals surface area contributed by atoms with Crippen LogP contribution in [0.2, 0.25) is 15.1 Å². The fraction of sp³-hybridized carbons (Fsp3) is 0.333. The lowest BCUT2D eigenvalue weighted by atomic mass is 10.0. The number of nitrogens with one attached hydrogen (secondary N) is 1. The molecule has 0 aliphatic rings. The lowest BCUT2D eigenvalue weighted by molar-refractivity contribution is -0.140. The standard InChI is InChI=1S/C30H34Cl3N3O4S/c1-20-24(32)12-9-13-26(20)36(41(5,39)40)19-28(37)35(18-22-14-15-23(31)17-25(22)33)27(29(38)34-30(2,3)4)16-21-10-7-6-8-11-21/h6-15,17,27H,16,18-19H2,1-5H3,(H,34,38)/t27-/m1/s1. The Bertz CT molecular complexity index is 1510. The Morgan fingerprint density at radius 2 is 1.59 bits per heavy atom. The summed E-state index contributed by atoms with van der Waals surface area (Å²) in [7, 11) is -3.92. The number of halogens is 3. The summed E-state index contributed by atoms with van der Waals surface area (Å²) < 4.78 is 27.0. The number of sulfonamides is 1. The summed E-state index contributed by atoms with van der Waals surface area (Å²) in [6, 6.07) is 18.0. The van der Waals surface area contributed by atoms with Crippen molar-refractivity contribution in [2.24, 2.45) is 0 Å². The summed E-state index contributed by atoms with van der Waals surface area (Å²) in [4.78, 5) is 29.3. The van der Waals surface area contributed by atoms with Crippen molar-refractivity contribution in [2.45, 2.75) is 52.2 Å². The molecular weight excluding hydrogens is 605 g/mol. The number of hydrogen-bond donors (Lipinski definition) is 1. The van der Waals surface area contributed by atoms with Gasteiger partial charge in [0.15, 0.2) is 0 Å². The van der Waals surface area contributed by atoms with Crippen LogP contribution in [0.5, 0.6) is 0 Å². The smallest absolute Gasteiger partial charge is 0.244 e. The lowest BCUT2D eigenvalue weighted by Crippen LogP contribution is -2.56. The van der Waals surface area contributed by atoms with Gasteiger partial charge in [0.05, 0.1) is 11.9 Å². The van der Waals surface area contributed by atoms with E-state index in [2.05, 4.69) is 5.32 Å². The number of rotatable bonds is 10. The van der Waals surface area contributed by atoms with E-state index in [9.17, 15) is 18.0 Å². The van der Waals surface area contributed by atoms with Crippen LogP contribution in [0.25, 0.3) is 0 Å². The van der Waals surface area contributed by atoms with Crippen LogP contribution in [-0.2, 0) is 32.6 Å². The van der Waals surface area contributed by atoms with E-state index in [1.54, 1.807) is 43.3 Å². The summed E-state index contributed by atoms with van der Waals surface area (Å²) in [5, 5.41) is 4.08. The first-order chi connectivity index (χ1) is 19.1. The molecule has 1 atom stereocenters. The molecule has 0 aliphatic heterocycles. The molecule has 3 aromatic carbocycles. The summed E-state index contributed by atoms with van der Waals surface area (Å²) in [5.74, 6) is -0.976. The van der Waals surface area contributed by atoms with Crippen LogP contribution < -0.4 is 9.62 Å². The third-order valence-corrected chi connectivity index (χ3v) is 8.43. The van der Waals surface area contributed by atoms with Crippen LogP contribution in [0, 0.1) is 6.92 Å². The van der Waals surface area contributed by atoms with Crippen molar-refractivity contribution in [3.05, 3.63) is 98.5 Å². The highest BCUT2D eigenvalue weighted by atomic mass is 35.5. The predicted molar refractivity (Wildman–Crippen MR) is 167 cm³/mol. The minimum atomic E-state index is -3.92. The molecule has 0 heterocycles. The Balaban J connectivity index is 2.13. The van der Waals surface area contributed by atoms with Crippen molar-refractivity contribution in [1.29, 1.82) is 0 Å². The molecule has 0 saturated heterocycles. The number of nitrogens with zero attached hydrogens (tertiary/aromatic N) is 2. The summed E-state index contributed by atoms with van der Waals surface area (Å²) in [6.07, 6.45) is 1.21. The Morgan fingerprint density at radius 1 is 0.927 bits per heavy atom. The first kappa shape index (κ1) is 32.7. The molecule has 2 amide bonds. The van der Waals surface area contributed by atoms with Crippen LogP contribution >= 0.6 is 34.8 Å². The van der Waals surface area contributed by atoms with Crippen molar-refractivity contribution in [1.82, 2.24) is 10.2 Å². The molecule has 0 radical (unpaired) electrons. The molecule has 0 unspecified atom stereocenters. The fourth-order valence-corrected chi connectivity index (χ4v) is 5.84. The highest BCUT2D eigenvalue weighted by molar-refractivity contribution is 7.92. The Hall–Kier alpha value is -2.78. The molecule has 3 aromatic rings. The van der Waals surface area contributed by atoms with Gasteiger partial charge in [0, 0.05) is 33.6 Å². The van der Waals surface area contributed by atoms with Gasteiger partial charge in [-0.05, 0) is 68.7 Å². The molecule has 11 heteroatoms. The average Bonchev–Trinajstić information content (AvgIpc) is 2.86. The molecule has 3 rings (SSSR count). The summed E-state index contributed by atoms with van der Waals surface area (Å²) in [6.45, 7) is 6.61. The van der Waals surface area contributed by atoms with E-state index < -0.39 is 34.1 Å². The molecule has 0 aliphatic carbocycles. The topological polar surface area (TPSA) is 86.8 Å². The minimum absolute atomic E-state index is 0.0595. The van der Waals surface area contributed by atoms with Crippen molar-refractivity contribution >= 4 is 62.3 Å². The fourth-order valence-electron chi connectivity index (χ4n) is 4.30. The second-order valence-corrected chi connectivity index (χ2v) is 14.0. The van der Waals surface area contributed by atoms with Gasteiger partial charge in [-0.3, -0.25) is 13.9 Å². The quantitative estimate of drug-likeness (QED) is 0.283. The second kappa shape index (κ2) is 13.5. The van der Waals surface area contributed by atoms with Gasteiger partial charge in [-0.25, -0.2) is 8.42 Å². The zero-order valence-electron chi connectivity index (χ0n) is 23.6. The Labute approximate surface area is 257 Å².